The molecule has 2 amide bonds. The van der Waals surface area contributed by atoms with Crippen molar-refractivity contribution >= 4 is 17.5 Å². The van der Waals surface area contributed by atoms with Crippen molar-refractivity contribution in [2.45, 2.75) is 38.6 Å². The molecular formula is C27H30N2O4. The van der Waals surface area contributed by atoms with E-state index < -0.39 is 5.41 Å². The Hall–Kier alpha value is -3.80. The standard InChI is InChI=1S/C27H26N2O4.2H2/c1-17-3-9-22(14-23(17)20-6-4-19(5-7-20)15-28-18(2)30)29-26(31)27(11-12-27)21-8-10-24-25(13-21)33-16-32-24;;/h3-10,13-14H,11-12,15-16H2,1-2H3,(H,28,30)(H,29,31);2*1H. The summed E-state index contributed by atoms with van der Waals surface area (Å²) in [4.78, 5) is 24.4. The van der Waals surface area contributed by atoms with Gasteiger partial charge in [-0.2, -0.15) is 0 Å². The van der Waals surface area contributed by atoms with Crippen LogP contribution in [0.25, 0.3) is 11.1 Å². The van der Waals surface area contributed by atoms with Gasteiger partial charge in [0.15, 0.2) is 11.5 Å². The third-order valence-corrected chi connectivity index (χ3v) is 6.41. The van der Waals surface area contributed by atoms with Gasteiger partial charge in [-0.05, 0) is 71.8 Å². The molecule has 0 atom stereocenters. The van der Waals surface area contributed by atoms with Crippen LogP contribution in [-0.2, 0) is 21.5 Å². The first-order chi connectivity index (χ1) is 15.9. The van der Waals surface area contributed by atoms with Crippen LogP contribution in [0, 0.1) is 6.92 Å². The summed E-state index contributed by atoms with van der Waals surface area (Å²) in [5, 5.41) is 5.94. The lowest BCUT2D eigenvalue weighted by atomic mass is 9.94. The Morgan fingerprint density at radius 2 is 1.73 bits per heavy atom. The number of hydrogen-bond donors (Lipinski definition) is 2. The number of rotatable bonds is 6. The van der Waals surface area contributed by atoms with Gasteiger partial charge in [0.25, 0.3) is 0 Å². The van der Waals surface area contributed by atoms with Crippen LogP contribution in [0.5, 0.6) is 11.5 Å². The minimum absolute atomic E-state index is 0. The summed E-state index contributed by atoms with van der Waals surface area (Å²) in [6, 6.07) is 19.9. The summed E-state index contributed by atoms with van der Waals surface area (Å²) in [5.41, 5.74) is 5.51. The van der Waals surface area contributed by atoms with Crippen LogP contribution in [0.1, 0.15) is 39.3 Å². The van der Waals surface area contributed by atoms with E-state index in [0.717, 1.165) is 52.1 Å². The second kappa shape index (κ2) is 8.28. The average molecular weight is 447 g/mol. The smallest absolute Gasteiger partial charge is 0.235 e. The molecule has 1 saturated carbocycles. The van der Waals surface area contributed by atoms with Crippen LogP contribution < -0.4 is 20.1 Å². The molecule has 2 aliphatic rings. The SMILES string of the molecule is CC(=O)NCc1ccc(-c2cc(NC(=O)C3(c4ccc5c(c4)OCO5)CC3)ccc2C)cc1.[HH].[HH]. The fourth-order valence-corrected chi connectivity index (χ4v) is 4.26. The molecule has 0 radical (unpaired) electrons. The molecule has 33 heavy (non-hydrogen) atoms. The van der Waals surface area contributed by atoms with E-state index in [4.69, 9.17) is 9.47 Å². The van der Waals surface area contributed by atoms with Crippen LogP contribution in [0.15, 0.2) is 60.7 Å². The van der Waals surface area contributed by atoms with Crippen LogP contribution >= 0.6 is 0 Å². The van der Waals surface area contributed by atoms with Crippen molar-refractivity contribution in [3.8, 4) is 22.6 Å². The molecule has 3 aromatic carbocycles. The molecule has 1 heterocycles. The first kappa shape index (κ1) is 21.1. The molecule has 0 saturated heterocycles. The molecule has 0 spiro atoms. The summed E-state index contributed by atoms with van der Waals surface area (Å²) >= 11 is 0. The summed E-state index contributed by atoms with van der Waals surface area (Å²) in [6.45, 7) is 4.29. The van der Waals surface area contributed by atoms with E-state index in [2.05, 4.69) is 17.6 Å². The van der Waals surface area contributed by atoms with Gasteiger partial charge in [-0.25, -0.2) is 0 Å². The Labute approximate surface area is 195 Å². The molecule has 172 valence electrons. The number of anilines is 1. The monoisotopic (exact) mass is 446 g/mol. The Morgan fingerprint density at radius 1 is 0.970 bits per heavy atom. The highest BCUT2D eigenvalue weighted by molar-refractivity contribution is 6.02. The van der Waals surface area contributed by atoms with Crippen molar-refractivity contribution in [3.05, 3.63) is 77.4 Å². The molecule has 2 N–H and O–H groups in total. The highest BCUT2D eigenvalue weighted by atomic mass is 16.7. The maximum absolute atomic E-state index is 13.3. The van der Waals surface area contributed by atoms with Gasteiger partial charge in [-0.1, -0.05) is 36.4 Å². The number of carbonyl (C=O) groups excluding carboxylic acids is 2. The zero-order valence-corrected chi connectivity index (χ0v) is 18.7. The second-order valence-electron chi connectivity index (χ2n) is 8.74. The molecule has 1 fully saturated rings. The number of nitrogens with one attached hydrogen (secondary N) is 2. The molecule has 0 bridgehead atoms. The normalized spacial score (nSPS) is 15.1. The van der Waals surface area contributed by atoms with Gasteiger partial charge in [-0.15, -0.1) is 0 Å². The van der Waals surface area contributed by atoms with Crippen molar-refractivity contribution in [2.75, 3.05) is 12.1 Å². The van der Waals surface area contributed by atoms with Gasteiger partial charge in [0, 0.05) is 22.0 Å². The molecule has 1 aliphatic carbocycles. The van der Waals surface area contributed by atoms with E-state index in [1.807, 2.05) is 60.7 Å². The number of benzene rings is 3. The summed E-state index contributed by atoms with van der Waals surface area (Å²) in [7, 11) is 0. The molecule has 3 aromatic rings. The highest BCUT2D eigenvalue weighted by Gasteiger charge is 2.51. The van der Waals surface area contributed by atoms with Crippen molar-refractivity contribution < 1.29 is 21.9 Å². The van der Waals surface area contributed by atoms with E-state index >= 15 is 0 Å². The lowest BCUT2D eigenvalue weighted by molar-refractivity contribution is -0.119. The van der Waals surface area contributed by atoms with Crippen LogP contribution in [0.4, 0.5) is 5.69 Å². The molecule has 6 heteroatoms. The first-order valence-corrected chi connectivity index (χ1v) is 11.1. The topological polar surface area (TPSA) is 76.7 Å². The predicted octanol–water partition coefficient (Wildman–Crippen LogP) is 5.19. The van der Waals surface area contributed by atoms with Crippen LogP contribution in [0.3, 0.4) is 0 Å². The van der Waals surface area contributed by atoms with Crippen molar-refractivity contribution in [1.82, 2.24) is 5.32 Å². The Balaban J connectivity index is 0.00000171. The van der Waals surface area contributed by atoms with Crippen molar-refractivity contribution in [3.63, 3.8) is 0 Å². The van der Waals surface area contributed by atoms with Gasteiger partial charge in [0.2, 0.25) is 18.6 Å². The summed E-state index contributed by atoms with van der Waals surface area (Å²) < 4.78 is 10.9. The number of hydrogen-bond acceptors (Lipinski definition) is 4. The van der Waals surface area contributed by atoms with E-state index in [1.54, 1.807) is 0 Å². The Kier molecular flexibility index (Phi) is 5.29. The highest BCUT2D eigenvalue weighted by Crippen LogP contribution is 2.51. The van der Waals surface area contributed by atoms with Gasteiger partial charge < -0.3 is 20.1 Å². The first-order valence-electron chi connectivity index (χ1n) is 11.1. The second-order valence-corrected chi connectivity index (χ2v) is 8.74. The summed E-state index contributed by atoms with van der Waals surface area (Å²) in [5.74, 6) is 1.38. The fourth-order valence-electron chi connectivity index (χ4n) is 4.26. The molecule has 0 aromatic heterocycles. The number of amides is 2. The Morgan fingerprint density at radius 3 is 2.45 bits per heavy atom. The minimum Gasteiger partial charge on any atom is -0.454 e. The molecule has 5 rings (SSSR count). The van der Waals surface area contributed by atoms with Gasteiger partial charge in [0.1, 0.15) is 0 Å². The third kappa shape index (κ3) is 4.16. The van der Waals surface area contributed by atoms with Gasteiger partial charge >= 0.3 is 0 Å². The molecule has 6 nitrogen and oxygen atoms in total. The number of ether oxygens (including phenoxy) is 2. The number of carbonyl (C=O) groups is 2. The fraction of sp³-hybridized carbons (Fsp3) is 0.259. The van der Waals surface area contributed by atoms with E-state index in [-0.39, 0.29) is 21.5 Å². The maximum Gasteiger partial charge on any atom is 0.235 e. The maximum atomic E-state index is 13.3. The van der Waals surface area contributed by atoms with E-state index in [1.165, 1.54) is 6.92 Å². The van der Waals surface area contributed by atoms with Crippen LogP contribution in [-0.4, -0.2) is 18.6 Å². The molecule has 1 aliphatic heterocycles. The average Bonchev–Trinajstić information content (AvgIpc) is 3.50. The number of aryl methyl sites for hydroxylation is 1. The zero-order chi connectivity index (χ0) is 23.0. The van der Waals surface area contributed by atoms with Crippen molar-refractivity contribution in [1.29, 1.82) is 0 Å². The minimum atomic E-state index is -0.516. The van der Waals surface area contributed by atoms with Gasteiger partial charge in [0.05, 0.1) is 5.41 Å². The zero-order valence-electron chi connectivity index (χ0n) is 18.7. The molecular weight excluding hydrogens is 416 g/mol. The van der Waals surface area contributed by atoms with Crippen molar-refractivity contribution in [2.24, 2.45) is 0 Å². The Bertz CT molecular complexity index is 1240. The predicted molar refractivity (Wildman–Crippen MR) is 130 cm³/mol. The molecule has 0 unspecified atom stereocenters. The van der Waals surface area contributed by atoms with E-state index in [0.29, 0.717) is 12.3 Å². The third-order valence-electron chi connectivity index (χ3n) is 6.41. The van der Waals surface area contributed by atoms with E-state index in [9.17, 15) is 9.59 Å². The van der Waals surface area contributed by atoms with Crippen LogP contribution in [0.2, 0.25) is 0 Å². The quantitative estimate of drug-likeness (QED) is 0.546. The largest absolute Gasteiger partial charge is 0.454 e. The summed E-state index contributed by atoms with van der Waals surface area (Å²) in [6.07, 6.45) is 1.62. The van der Waals surface area contributed by atoms with Gasteiger partial charge in [-0.3, -0.25) is 9.59 Å². The number of fused-ring (bicyclic) bond motifs is 1. The lowest BCUT2D eigenvalue weighted by Crippen LogP contribution is -2.27. The lowest BCUT2D eigenvalue weighted by Gasteiger charge is -2.17.